The molecule has 1 heterocycles. The van der Waals surface area contributed by atoms with Crippen LogP contribution in [0.3, 0.4) is 0 Å². The highest BCUT2D eigenvalue weighted by molar-refractivity contribution is 5.30. The second-order valence-electron chi connectivity index (χ2n) is 4.04. The lowest BCUT2D eigenvalue weighted by Gasteiger charge is -2.25. The quantitative estimate of drug-likeness (QED) is 0.813. The zero-order valence-electron chi connectivity index (χ0n) is 9.07. The second kappa shape index (κ2) is 4.47. The van der Waals surface area contributed by atoms with Gasteiger partial charge in [0.2, 0.25) is 0 Å². The predicted molar refractivity (Wildman–Crippen MR) is 60.0 cm³/mol. The maximum atomic E-state index is 11.8. The van der Waals surface area contributed by atoms with Gasteiger partial charge in [-0.2, -0.15) is 0 Å². The van der Waals surface area contributed by atoms with Gasteiger partial charge in [-0.05, 0) is 25.7 Å². The lowest BCUT2D eigenvalue weighted by atomic mass is 9.85. The summed E-state index contributed by atoms with van der Waals surface area (Å²) in [6.45, 7) is 3.53. The minimum Gasteiger partial charge on any atom is -0.365 e. The number of aryl methyl sites for hydroxylation is 1. The molecule has 0 radical (unpaired) electrons. The molecule has 1 fully saturated rings. The molecule has 1 aromatic rings. The molecule has 0 spiro atoms. The molecule has 1 aliphatic carbocycles. The van der Waals surface area contributed by atoms with E-state index < -0.39 is 0 Å². The number of hydrogen-bond donors (Lipinski definition) is 1. The van der Waals surface area contributed by atoms with E-state index in [1.54, 1.807) is 17.0 Å². The third-order valence-corrected chi connectivity index (χ3v) is 3.04. The van der Waals surface area contributed by atoms with Crippen LogP contribution in [-0.4, -0.2) is 16.1 Å². The molecule has 82 valence electrons. The van der Waals surface area contributed by atoms with Crippen LogP contribution in [0.4, 0.5) is 5.82 Å². The lowest BCUT2D eigenvalue weighted by Crippen LogP contribution is -2.27. The molecule has 2 rings (SSSR count). The van der Waals surface area contributed by atoms with Crippen LogP contribution in [0.1, 0.15) is 26.2 Å². The van der Waals surface area contributed by atoms with Crippen molar-refractivity contribution in [3.05, 3.63) is 22.7 Å². The van der Waals surface area contributed by atoms with Crippen LogP contribution in [0.15, 0.2) is 17.2 Å². The highest BCUT2D eigenvalue weighted by Gasteiger charge is 2.17. The Morgan fingerprint density at radius 2 is 2.40 bits per heavy atom. The Morgan fingerprint density at radius 3 is 3.00 bits per heavy atom. The van der Waals surface area contributed by atoms with Crippen molar-refractivity contribution in [1.29, 1.82) is 0 Å². The zero-order chi connectivity index (χ0) is 10.7. The van der Waals surface area contributed by atoms with Crippen LogP contribution in [0, 0.1) is 5.92 Å². The first-order valence-corrected chi connectivity index (χ1v) is 5.60. The van der Waals surface area contributed by atoms with E-state index in [4.69, 9.17) is 0 Å². The van der Waals surface area contributed by atoms with Gasteiger partial charge in [-0.15, -0.1) is 0 Å². The SMILES string of the molecule is CCn1ccnc(NCC2CCC2)c1=O. The van der Waals surface area contributed by atoms with Crippen molar-refractivity contribution in [3.63, 3.8) is 0 Å². The van der Waals surface area contributed by atoms with E-state index in [0.29, 0.717) is 12.4 Å². The molecular formula is C11H17N3O. The number of hydrogen-bond acceptors (Lipinski definition) is 3. The van der Waals surface area contributed by atoms with Crippen molar-refractivity contribution in [2.24, 2.45) is 5.92 Å². The fourth-order valence-electron chi connectivity index (χ4n) is 1.76. The average molecular weight is 207 g/mol. The smallest absolute Gasteiger partial charge is 0.293 e. The summed E-state index contributed by atoms with van der Waals surface area (Å²) in [6.07, 6.45) is 7.28. The standard InChI is InChI=1S/C11H17N3O/c1-2-14-7-6-12-10(11(14)15)13-8-9-4-3-5-9/h6-7,9H,2-5,8H2,1H3,(H,12,13). The first-order chi connectivity index (χ1) is 7.31. The normalized spacial score (nSPS) is 16.1. The monoisotopic (exact) mass is 207 g/mol. The van der Waals surface area contributed by atoms with E-state index in [1.165, 1.54) is 19.3 Å². The van der Waals surface area contributed by atoms with Gasteiger partial charge in [-0.25, -0.2) is 4.98 Å². The minimum absolute atomic E-state index is 0.0145. The maximum absolute atomic E-state index is 11.8. The van der Waals surface area contributed by atoms with E-state index in [9.17, 15) is 4.79 Å². The van der Waals surface area contributed by atoms with Crippen LogP contribution >= 0.6 is 0 Å². The number of nitrogens with zero attached hydrogens (tertiary/aromatic N) is 2. The number of aromatic nitrogens is 2. The van der Waals surface area contributed by atoms with E-state index in [-0.39, 0.29) is 5.56 Å². The highest BCUT2D eigenvalue weighted by Crippen LogP contribution is 2.25. The highest BCUT2D eigenvalue weighted by atomic mass is 16.1. The number of rotatable bonds is 4. The van der Waals surface area contributed by atoms with Gasteiger partial charge in [-0.3, -0.25) is 4.79 Å². The molecule has 1 saturated carbocycles. The molecule has 1 N–H and O–H groups in total. The van der Waals surface area contributed by atoms with Gasteiger partial charge < -0.3 is 9.88 Å². The largest absolute Gasteiger partial charge is 0.365 e. The van der Waals surface area contributed by atoms with Crippen molar-refractivity contribution >= 4 is 5.82 Å². The van der Waals surface area contributed by atoms with Gasteiger partial charge in [0.05, 0.1) is 0 Å². The minimum atomic E-state index is -0.0145. The summed E-state index contributed by atoms with van der Waals surface area (Å²) in [5, 5.41) is 3.15. The Morgan fingerprint density at radius 1 is 1.60 bits per heavy atom. The van der Waals surface area contributed by atoms with Gasteiger partial charge in [0, 0.05) is 25.5 Å². The molecule has 4 heteroatoms. The lowest BCUT2D eigenvalue weighted by molar-refractivity contribution is 0.333. The molecule has 0 saturated heterocycles. The Labute approximate surface area is 89.3 Å². The van der Waals surface area contributed by atoms with E-state index in [1.807, 2.05) is 6.92 Å². The molecule has 0 aliphatic heterocycles. The zero-order valence-corrected chi connectivity index (χ0v) is 9.07. The summed E-state index contributed by atoms with van der Waals surface area (Å²) < 4.78 is 1.66. The summed E-state index contributed by atoms with van der Waals surface area (Å²) >= 11 is 0. The van der Waals surface area contributed by atoms with Crippen LogP contribution in [-0.2, 0) is 6.54 Å². The Kier molecular flexibility index (Phi) is 3.04. The van der Waals surface area contributed by atoms with Crippen LogP contribution in [0.25, 0.3) is 0 Å². The topological polar surface area (TPSA) is 46.9 Å². The molecule has 0 amide bonds. The van der Waals surface area contributed by atoms with Crippen molar-refractivity contribution in [2.75, 3.05) is 11.9 Å². The fourth-order valence-corrected chi connectivity index (χ4v) is 1.76. The van der Waals surface area contributed by atoms with Crippen LogP contribution in [0.5, 0.6) is 0 Å². The number of anilines is 1. The number of nitrogens with one attached hydrogen (secondary N) is 1. The predicted octanol–water partition coefficient (Wildman–Crippen LogP) is 1.48. The first kappa shape index (κ1) is 10.2. The molecule has 0 aromatic carbocycles. The summed E-state index contributed by atoms with van der Waals surface area (Å²) in [5.74, 6) is 1.23. The average Bonchev–Trinajstić information content (AvgIpc) is 2.18. The molecular weight excluding hydrogens is 190 g/mol. The third-order valence-electron chi connectivity index (χ3n) is 3.04. The molecule has 0 bridgehead atoms. The van der Waals surface area contributed by atoms with Gasteiger partial charge >= 0.3 is 0 Å². The van der Waals surface area contributed by atoms with Crippen molar-refractivity contribution in [2.45, 2.75) is 32.7 Å². The van der Waals surface area contributed by atoms with Gasteiger partial charge in [-0.1, -0.05) is 6.42 Å². The second-order valence-corrected chi connectivity index (χ2v) is 4.04. The van der Waals surface area contributed by atoms with Crippen LogP contribution in [0.2, 0.25) is 0 Å². The third kappa shape index (κ3) is 2.19. The fraction of sp³-hybridized carbons (Fsp3) is 0.636. The van der Waals surface area contributed by atoms with E-state index >= 15 is 0 Å². The molecule has 0 atom stereocenters. The summed E-state index contributed by atoms with van der Waals surface area (Å²) in [7, 11) is 0. The Bertz CT molecular complexity index is 382. The Hall–Kier alpha value is -1.32. The summed E-state index contributed by atoms with van der Waals surface area (Å²) in [5.41, 5.74) is -0.0145. The molecule has 0 unspecified atom stereocenters. The molecule has 4 nitrogen and oxygen atoms in total. The van der Waals surface area contributed by atoms with Crippen molar-refractivity contribution < 1.29 is 0 Å². The first-order valence-electron chi connectivity index (χ1n) is 5.60. The van der Waals surface area contributed by atoms with Crippen molar-refractivity contribution in [1.82, 2.24) is 9.55 Å². The molecule has 1 aliphatic rings. The molecule has 1 aromatic heterocycles. The van der Waals surface area contributed by atoms with E-state index in [0.717, 1.165) is 12.5 Å². The molecule has 15 heavy (non-hydrogen) atoms. The summed E-state index contributed by atoms with van der Waals surface area (Å²) in [4.78, 5) is 15.8. The van der Waals surface area contributed by atoms with E-state index in [2.05, 4.69) is 10.3 Å². The summed E-state index contributed by atoms with van der Waals surface area (Å²) in [6, 6.07) is 0. The van der Waals surface area contributed by atoms with Gasteiger partial charge in [0.1, 0.15) is 0 Å². The van der Waals surface area contributed by atoms with Crippen LogP contribution < -0.4 is 10.9 Å². The van der Waals surface area contributed by atoms with Gasteiger partial charge in [0.25, 0.3) is 5.56 Å². The Balaban J connectivity index is 2.03. The maximum Gasteiger partial charge on any atom is 0.293 e. The van der Waals surface area contributed by atoms with Gasteiger partial charge in [0.15, 0.2) is 5.82 Å². The van der Waals surface area contributed by atoms with Crippen molar-refractivity contribution in [3.8, 4) is 0 Å².